The molecule has 3 nitrogen and oxygen atoms in total. The molecule has 0 radical (unpaired) electrons. The Hall–Kier alpha value is -0.120. The minimum absolute atomic E-state index is 0.404. The number of morpholine rings is 1. The van der Waals surface area contributed by atoms with Gasteiger partial charge in [0.15, 0.2) is 0 Å². The van der Waals surface area contributed by atoms with E-state index >= 15 is 0 Å². The molecule has 2 atom stereocenters. The minimum atomic E-state index is 0.404. The molecule has 0 aromatic carbocycles. The molecule has 96 valence electrons. The van der Waals surface area contributed by atoms with Gasteiger partial charge in [-0.2, -0.15) is 0 Å². The van der Waals surface area contributed by atoms with Gasteiger partial charge in [-0.05, 0) is 32.9 Å². The highest BCUT2D eigenvalue weighted by Crippen LogP contribution is 2.14. The second kappa shape index (κ2) is 7.25. The zero-order valence-electron chi connectivity index (χ0n) is 11.3. The molecule has 0 bridgehead atoms. The summed E-state index contributed by atoms with van der Waals surface area (Å²) in [5.41, 5.74) is 0. The molecule has 1 rings (SSSR count). The van der Waals surface area contributed by atoms with E-state index < -0.39 is 0 Å². The van der Waals surface area contributed by atoms with Crippen molar-refractivity contribution in [2.45, 2.75) is 58.7 Å². The average Bonchev–Trinajstić information content (AvgIpc) is 2.24. The highest BCUT2D eigenvalue weighted by Gasteiger charge is 2.24. The molecule has 1 fully saturated rings. The summed E-state index contributed by atoms with van der Waals surface area (Å²) < 4.78 is 5.70. The molecule has 1 aliphatic rings. The lowest BCUT2D eigenvalue weighted by Crippen LogP contribution is -2.49. The van der Waals surface area contributed by atoms with E-state index in [-0.39, 0.29) is 0 Å². The first-order valence-corrected chi connectivity index (χ1v) is 6.72. The molecular weight excluding hydrogens is 200 g/mol. The maximum atomic E-state index is 5.70. The molecule has 0 aliphatic carbocycles. The lowest BCUT2D eigenvalue weighted by atomic mass is 10.1. The van der Waals surface area contributed by atoms with Crippen molar-refractivity contribution >= 4 is 0 Å². The lowest BCUT2D eigenvalue weighted by Gasteiger charge is -2.38. The van der Waals surface area contributed by atoms with Crippen molar-refractivity contribution in [3.63, 3.8) is 0 Å². The van der Waals surface area contributed by atoms with Gasteiger partial charge in [-0.25, -0.2) is 0 Å². The van der Waals surface area contributed by atoms with Crippen molar-refractivity contribution < 1.29 is 4.74 Å². The largest absolute Gasteiger partial charge is 0.376 e. The van der Waals surface area contributed by atoms with E-state index in [2.05, 4.69) is 37.9 Å². The Balaban J connectivity index is 2.21. The van der Waals surface area contributed by atoms with Crippen LogP contribution in [-0.2, 0) is 4.74 Å². The second-order valence-corrected chi connectivity index (χ2v) is 5.16. The monoisotopic (exact) mass is 228 g/mol. The third-order valence-electron chi connectivity index (χ3n) is 3.23. The number of nitrogens with one attached hydrogen (secondary N) is 1. The van der Waals surface area contributed by atoms with Crippen molar-refractivity contribution in [2.24, 2.45) is 0 Å². The standard InChI is InChI=1S/C13H28N2O/c1-5-13-10-16-12(4)9-15(13)8-6-7-14-11(2)3/h11-14H,5-10H2,1-4H3. The van der Waals surface area contributed by atoms with Crippen LogP contribution < -0.4 is 5.32 Å². The molecule has 0 aromatic heterocycles. The predicted octanol–water partition coefficient (Wildman–Crippen LogP) is 1.87. The van der Waals surface area contributed by atoms with Gasteiger partial charge in [0.2, 0.25) is 0 Å². The van der Waals surface area contributed by atoms with Gasteiger partial charge >= 0.3 is 0 Å². The summed E-state index contributed by atoms with van der Waals surface area (Å²) in [4.78, 5) is 2.59. The van der Waals surface area contributed by atoms with Crippen LogP contribution in [0.25, 0.3) is 0 Å². The highest BCUT2D eigenvalue weighted by molar-refractivity contribution is 4.77. The predicted molar refractivity (Wildman–Crippen MR) is 68.8 cm³/mol. The summed E-state index contributed by atoms with van der Waals surface area (Å²) in [5.74, 6) is 0. The van der Waals surface area contributed by atoms with Crippen LogP contribution in [0.15, 0.2) is 0 Å². The second-order valence-electron chi connectivity index (χ2n) is 5.16. The fourth-order valence-electron chi connectivity index (χ4n) is 2.24. The maximum Gasteiger partial charge on any atom is 0.0674 e. The molecule has 3 heteroatoms. The van der Waals surface area contributed by atoms with E-state index in [9.17, 15) is 0 Å². The molecule has 0 spiro atoms. The zero-order chi connectivity index (χ0) is 12.0. The van der Waals surface area contributed by atoms with Crippen molar-refractivity contribution in [1.29, 1.82) is 0 Å². The molecule has 16 heavy (non-hydrogen) atoms. The van der Waals surface area contributed by atoms with Gasteiger partial charge in [-0.15, -0.1) is 0 Å². The summed E-state index contributed by atoms with van der Waals surface area (Å²) in [6, 6.07) is 1.24. The first-order valence-electron chi connectivity index (χ1n) is 6.72. The topological polar surface area (TPSA) is 24.5 Å². The number of hydrogen-bond donors (Lipinski definition) is 1. The Bertz CT molecular complexity index is 185. The van der Waals surface area contributed by atoms with E-state index in [4.69, 9.17) is 4.74 Å². The molecule has 0 amide bonds. The normalized spacial score (nSPS) is 27.6. The number of ether oxygens (including phenoxy) is 1. The van der Waals surface area contributed by atoms with E-state index in [1.165, 1.54) is 19.4 Å². The van der Waals surface area contributed by atoms with Crippen LogP contribution in [0.4, 0.5) is 0 Å². The summed E-state index contributed by atoms with van der Waals surface area (Å²) in [6.07, 6.45) is 2.84. The third-order valence-corrected chi connectivity index (χ3v) is 3.23. The van der Waals surface area contributed by atoms with Crippen LogP contribution >= 0.6 is 0 Å². The van der Waals surface area contributed by atoms with E-state index in [1.807, 2.05) is 0 Å². The van der Waals surface area contributed by atoms with Gasteiger partial charge in [0.25, 0.3) is 0 Å². The summed E-state index contributed by atoms with van der Waals surface area (Å²) in [7, 11) is 0. The quantitative estimate of drug-likeness (QED) is 0.703. The van der Waals surface area contributed by atoms with Crippen LogP contribution in [0.2, 0.25) is 0 Å². The number of hydrogen-bond acceptors (Lipinski definition) is 3. The number of nitrogens with zero attached hydrogens (tertiary/aromatic N) is 1. The molecule has 1 N–H and O–H groups in total. The third kappa shape index (κ3) is 4.81. The van der Waals surface area contributed by atoms with E-state index in [0.29, 0.717) is 18.2 Å². The summed E-state index contributed by atoms with van der Waals surface area (Å²) in [6.45, 7) is 13.2. The van der Waals surface area contributed by atoms with E-state index in [0.717, 1.165) is 19.7 Å². The summed E-state index contributed by atoms with van der Waals surface area (Å²) >= 11 is 0. The van der Waals surface area contributed by atoms with Crippen LogP contribution in [0.3, 0.4) is 0 Å². The van der Waals surface area contributed by atoms with Gasteiger partial charge in [0, 0.05) is 18.6 Å². The first-order chi connectivity index (χ1) is 7.63. The smallest absolute Gasteiger partial charge is 0.0674 e. The SMILES string of the molecule is CCC1COC(C)CN1CCCNC(C)C. The molecule has 0 aromatic rings. The Morgan fingerprint density at radius 3 is 2.81 bits per heavy atom. The van der Waals surface area contributed by atoms with Gasteiger partial charge in [-0.3, -0.25) is 4.90 Å². The van der Waals surface area contributed by atoms with Crippen LogP contribution in [0, 0.1) is 0 Å². The van der Waals surface area contributed by atoms with Crippen molar-refractivity contribution in [1.82, 2.24) is 10.2 Å². The summed E-state index contributed by atoms with van der Waals surface area (Å²) in [5, 5.41) is 3.47. The fraction of sp³-hybridized carbons (Fsp3) is 1.00. The van der Waals surface area contributed by atoms with Crippen LogP contribution in [0.5, 0.6) is 0 Å². The Kier molecular flexibility index (Phi) is 6.32. The molecule has 1 aliphatic heterocycles. The van der Waals surface area contributed by atoms with Crippen molar-refractivity contribution in [3.8, 4) is 0 Å². The molecule has 1 heterocycles. The zero-order valence-corrected chi connectivity index (χ0v) is 11.3. The van der Waals surface area contributed by atoms with Gasteiger partial charge in [-0.1, -0.05) is 20.8 Å². The average molecular weight is 228 g/mol. The van der Waals surface area contributed by atoms with Crippen molar-refractivity contribution in [3.05, 3.63) is 0 Å². The van der Waals surface area contributed by atoms with Crippen molar-refractivity contribution in [2.75, 3.05) is 26.2 Å². The molecule has 0 saturated carbocycles. The van der Waals surface area contributed by atoms with Gasteiger partial charge < -0.3 is 10.1 Å². The Morgan fingerprint density at radius 1 is 1.44 bits per heavy atom. The Morgan fingerprint density at radius 2 is 2.19 bits per heavy atom. The fourth-order valence-corrected chi connectivity index (χ4v) is 2.24. The highest BCUT2D eigenvalue weighted by atomic mass is 16.5. The minimum Gasteiger partial charge on any atom is -0.376 e. The van der Waals surface area contributed by atoms with Crippen LogP contribution in [-0.4, -0.2) is 49.3 Å². The van der Waals surface area contributed by atoms with Crippen LogP contribution in [0.1, 0.15) is 40.5 Å². The van der Waals surface area contributed by atoms with E-state index in [1.54, 1.807) is 0 Å². The number of rotatable bonds is 6. The molecule has 1 saturated heterocycles. The molecule has 2 unspecified atom stereocenters. The molecular formula is C13H28N2O. The van der Waals surface area contributed by atoms with Gasteiger partial charge in [0.05, 0.1) is 12.7 Å². The van der Waals surface area contributed by atoms with Gasteiger partial charge in [0.1, 0.15) is 0 Å². The lowest BCUT2D eigenvalue weighted by molar-refractivity contribution is -0.0559. The Labute approximate surface area is 101 Å². The maximum absolute atomic E-state index is 5.70. The first kappa shape index (κ1) is 13.9.